The summed E-state index contributed by atoms with van der Waals surface area (Å²) in [4.78, 5) is 16.7. The van der Waals surface area contributed by atoms with Gasteiger partial charge in [-0.05, 0) is 48.4 Å². The van der Waals surface area contributed by atoms with Crippen LogP contribution in [-0.4, -0.2) is 18.0 Å². The first-order valence-electron chi connectivity index (χ1n) is 8.45. The highest BCUT2D eigenvalue weighted by atomic mass is 16.5. The summed E-state index contributed by atoms with van der Waals surface area (Å²) in [5, 5.41) is 6.20. The van der Waals surface area contributed by atoms with Gasteiger partial charge in [-0.25, -0.2) is 0 Å². The second-order valence-electron chi connectivity index (χ2n) is 5.78. The van der Waals surface area contributed by atoms with Gasteiger partial charge in [0.2, 0.25) is 0 Å². The molecule has 0 atom stereocenters. The van der Waals surface area contributed by atoms with E-state index < -0.39 is 0 Å². The number of rotatable bonds is 6. The molecule has 5 heteroatoms. The second kappa shape index (κ2) is 8.16. The number of pyridine rings is 1. The van der Waals surface area contributed by atoms with Crippen LogP contribution in [0.5, 0.6) is 5.75 Å². The number of aromatic nitrogens is 1. The quantitative estimate of drug-likeness (QED) is 0.681. The van der Waals surface area contributed by atoms with Gasteiger partial charge in [0.15, 0.2) is 0 Å². The van der Waals surface area contributed by atoms with Gasteiger partial charge in [0.25, 0.3) is 5.91 Å². The van der Waals surface area contributed by atoms with Crippen molar-refractivity contribution in [3.8, 4) is 5.75 Å². The molecule has 1 aromatic heterocycles. The molecule has 0 fully saturated rings. The molecule has 3 aromatic rings. The number of nitrogens with one attached hydrogen (secondary N) is 2. The molecule has 132 valence electrons. The maximum absolute atomic E-state index is 12.6. The Labute approximate surface area is 153 Å². The maximum Gasteiger partial charge on any atom is 0.257 e. The van der Waals surface area contributed by atoms with Crippen molar-refractivity contribution < 1.29 is 9.53 Å². The van der Waals surface area contributed by atoms with Gasteiger partial charge in [-0.1, -0.05) is 25.1 Å². The average Bonchev–Trinajstić information content (AvgIpc) is 2.69. The number of carbonyl (C=O) groups is 1. The summed E-state index contributed by atoms with van der Waals surface area (Å²) < 4.78 is 5.15. The zero-order valence-electron chi connectivity index (χ0n) is 14.8. The molecule has 0 saturated carbocycles. The van der Waals surface area contributed by atoms with Crippen molar-refractivity contribution in [3.63, 3.8) is 0 Å². The molecule has 0 radical (unpaired) electrons. The van der Waals surface area contributed by atoms with E-state index in [0.717, 1.165) is 34.8 Å². The van der Waals surface area contributed by atoms with Gasteiger partial charge in [-0.3, -0.25) is 9.78 Å². The van der Waals surface area contributed by atoms with E-state index in [2.05, 4.69) is 22.5 Å². The van der Waals surface area contributed by atoms with E-state index in [0.29, 0.717) is 5.56 Å². The van der Waals surface area contributed by atoms with E-state index in [4.69, 9.17) is 4.74 Å². The van der Waals surface area contributed by atoms with Crippen LogP contribution in [0.4, 0.5) is 17.1 Å². The van der Waals surface area contributed by atoms with E-state index in [-0.39, 0.29) is 5.91 Å². The fourth-order valence-corrected chi connectivity index (χ4v) is 2.62. The van der Waals surface area contributed by atoms with Gasteiger partial charge in [0.1, 0.15) is 5.75 Å². The number of anilines is 3. The number of amides is 1. The summed E-state index contributed by atoms with van der Waals surface area (Å²) in [6, 6.07) is 17.1. The second-order valence-corrected chi connectivity index (χ2v) is 5.78. The first-order chi connectivity index (χ1) is 12.7. The van der Waals surface area contributed by atoms with Crippen LogP contribution >= 0.6 is 0 Å². The lowest BCUT2D eigenvalue weighted by Crippen LogP contribution is -2.13. The van der Waals surface area contributed by atoms with E-state index in [1.54, 1.807) is 25.6 Å². The molecule has 2 aromatic carbocycles. The predicted molar refractivity (Wildman–Crippen MR) is 104 cm³/mol. The van der Waals surface area contributed by atoms with Crippen LogP contribution in [0, 0.1) is 0 Å². The molecule has 26 heavy (non-hydrogen) atoms. The topological polar surface area (TPSA) is 63.2 Å². The van der Waals surface area contributed by atoms with Gasteiger partial charge in [-0.2, -0.15) is 0 Å². The third kappa shape index (κ3) is 4.19. The van der Waals surface area contributed by atoms with Crippen LogP contribution in [0.3, 0.4) is 0 Å². The smallest absolute Gasteiger partial charge is 0.257 e. The Balaban J connectivity index is 1.74. The summed E-state index contributed by atoms with van der Waals surface area (Å²) in [6.07, 6.45) is 4.10. The lowest BCUT2D eigenvalue weighted by Gasteiger charge is -2.11. The molecule has 0 saturated heterocycles. The van der Waals surface area contributed by atoms with Gasteiger partial charge < -0.3 is 15.4 Å². The molecule has 0 aliphatic rings. The Morgan fingerprint density at radius 2 is 1.81 bits per heavy atom. The highest BCUT2D eigenvalue weighted by Gasteiger charge is 2.10. The van der Waals surface area contributed by atoms with Crippen molar-refractivity contribution in [2.75, 3.05) is 17.7 Å². The molecule has 0 aliphatic carbocycles. The summed E-state index contributed by atoms with van der Waals surface area (Å²) in [6.45, 7) is 2.06. The largest absolute Gasteiger partial charge is 0.497 e. The normalized spacial score (nSPS) is 10.2. The molecule has 0 bridgehead atoms. The van der Waals surface area contributed by atoms with E-state index in [1.807, 2.05) is 48.5 Å². The molecule has 5 nitrogen and oxygen atoms in total. The van der Waals surface area contributed by atoms with E-state index >= 15 is 0 Å². The zero-order valence-corrected chi connectivity index (χ0v) is 14.8. The minimum absolute atomic E-state index is 0.184. The van der Waals surface area contributed by atoms with Crippen molar-refractivity contribution in [3.05, 3.63) is 78.1 Å². The minimum Gasteiger partial charge on any atom is -0.497 e. The number of aryl methyl sites for hydroxylation is 1. The molecule has 0 unspecified atom stereocenters. The number of methoxy groups -OCH3 is 1. The maximum atomic E-state index is 12.6. The number of nitrogens with zero attached hydrogens (tertiary/aromatic N) is 1. The predicted octanol–water partition coefficient (Wildman–Crippen LogP) is 4.65. The summed E-state index contributed by atoms with van der Waals surface area (Å²) in [5.41, 5.74) is 4.05. The number of benzene rings is 2. The first-order valence-corrected chi connectivity index (χ1v) is 8.45. The highest BCUT2D eigenvalue weighted by Crippen LogP contribution is 2.21. The zero-order chi connectivity index (χ0) is 18.4. The molecule has 0 aliphatic heterocycles. The lowest BCUT2D eigenvalue weighted by atomic mass is 10.1. The van der Waals surface area contributed by atoms with Crippen molar-refractivity contribution in [2.45, 2.75) is 13.3 Å². The molecule has 0 spiro atoms. The minimum atomic E-state index is -0.184. The van der Waals surface area contributed by atoms with E-state index in [9.17, 15) is 4.79 Å². The van der Waals surface area contributed by atoms with Crippen molar-refractivity contribution in [2.24, 2.45) is 0 Å². The number of hydrogen-bond acceptors (Lipinski definition) is 4. The SMILES string of the molecule is CCc1ccccc1NC(=O)c1cncc(Nc2ccc(OC)cc2)c1. The Hall–Kier alpha value is -3.34. The van der Waals surface area contributed by atoms with Crippen LogP contribution in [0.1, 0.15) is 22.8 Å². The fourth-order valence-electron chi connectivity index (χ4n) is 2.62. The summed E-state index contributed by atoms with van der Waals surface area (Å²) in [7, 11) is 1.63. The number of ether oxygens (including phenoxy) is 1. The average molecular weight is 347 g/mol. The standard InChI is InChI=1S/C21H21N3O2/c1-3-15-6-4-5-7-20(15)24-21(25)16-12-18(14-22-13-16)23-17-8-10-19(26-2)11-9-17/h4-14,23H,3H2,1-2H3,(H,24,25). The third-order valence-electron chi connectivity index (χ3n) is 4.03. The van der Waals surface area contributed by atoms with Crippen LogP contribution < -0.4 is 15.4 Å². The molecule has 1 heterocycles. The monoisotopic (exact) mass is 347 g/mol. The Kier molecular flexibility index (Phi) is 5.49. The molecule has 1 amide bonds. The Morgan fingerprint density at radius 1 is 1.04 bits per heavy atom. The van der Waals surface area contributed by atoms with E-state index in [1.165, 1.54) is 0 Å². The Bertz CT molecular complexity index is 892. The van der Waals surface area contributed by atoms with Gasteiger partial charge >= 0.3 is 0 Å². The number of hydrogen-bond donors (Lipinski definition) is 2. The molecule has 2 N–H and O–H groups in total. The fraction of sp³-hybridized carbons (Fsp3) is 0.143. The Morgan fingerprint density at radius 3 is 2.54 bits per heavy atom. The number of carbonyl (C=O) groups excluding carboxylic acids is 1. The molecule has 3 rings (SSSR count). The van der Waals surface area contributed by atoms with Crippen LogP contribution in [0.25, 0.3) is 0 Å². The van der Waals surface area contributed by atoms with Crippen molar-refractivity contribution >= 4 is 23.0 Å². The van der Waals surface area contributed by atoms with Crippen molar-refractivity contribution in [1.29, 1.82) is 0 Å². The van der Waals surface area contributed by atoms with Gasteiger partial charge in [0, 0.05) is 17.6 Å². The summed E-state index contributed by atoms with van der Waals surface area (Å²) in [5.74, 6) is 0.605. The lowest BCUT2D eigenvalue weighted by molar-refractivity contribution is 0.102. The van der Waals surface area contributed by atoms with Gasteiger partial charge in [0.05, 0.1) is 24.6 Å². The van der Waals surface area contributed by atoms with Crippen LogP contribution in [0.15, 0.2) is 67.0 Å². The van der Waals surface area contributed by atoms with Crippen molar-refractivity contribution in [1.82, 2.24) is 4.98 Å². The molecular weight excluding hydrogens is 326 g/mol. The number of para-hydroxylation sites is 1. The first kappa shape index (κ1) is 17.5. The van der Waals surface area contributed by atoms with Gasteiger partial charge in [-0.15, -0.1) is 0 Å². The highest BCUT2D eigenvalue weighted by molar-refractivity contribution is 6.05. The molecular formula is C21H21N3O2. The van der Waals surface area contributed by atoms with Crippen LogP contribution in [-0.2, 0) is 6.42 Å². The third-order valence-corrected chi connectivity index (χ3v) is 4.03. The summed E-state index contributed by atoms with van der Waals surface area (Å²) >= 11 is 0. The van der Waals surface area contributed by atoms with Crippen LogP contribution in [0.2, 0.25) is 0 Å².